The van der Waals surface area contributed by atoms with Crippen LogP contribution < -0.4 is 5.32 Å². The molecule has 0 spiro atoms. The van der Waals surface area contributed by atoms with Gasteiger partial charge in [0.2, 0.25) is 5.91 Å². The fraction of sp³-hybridized carbons (Fsp3) is 0.450. The van der Waals surface area contributed by atoms with Crippen LogP contribution in [0.15, 0.2) is 42.6 Å². The molecule has 0 fully saturated rings. The number of hydrogen-bond acceptors (Lipinski definition) is 2. The molecule has 128 valence electrons. The predicted octanol–water partition coefficient (Wildman–Crippen LogP) is 2.97. The SMILES string of the molecule is Cc1ccc(C2c3cccn3CCN2C(=O)CNCC(C)C)cc1. The average Bonchev–Trinajstić information content (AvgIpc) is 3.03. The predicted molar refractivity (Wildman–Crippen MR) is 96.9 cm³/mol. The first-order chi connectivity index (χ1) is 11.6. The van der Waals surface area contributed by atoms with Crippen molar-refractivity contribution >= 4 is 5.91 Å². The first kappa shape index (κ1) is 16.8. The fourth-order valence-electron chi connectivity index (χ4n) is 3.32. The Labute approximate surface area is 144 Å². The third-order valence-electron chi connectivity index (χ3n) is 4.58. The highest BCUT2D eigenvalue weighted by Gasteiger charge is 2.31. The maximum absolute atomic E-state index is 12.8. The van der Waals surface area contributed by atoms with E-state index in [0.29, 0.717) is 12.5 Å². The van der Waals surface area contributed by atoms with Gasteiger partial charge >= 0.3 is 0 Å². The lowest BCUT2D eigenvalue weighted by Crippen LogP contribution is -2.46. The molecule has 0 aliphatic carbocycles. The highest BCUT2D eigenvalue weighted by Crippen LogP contribution is 2.32. The number of nitrogens with zero attached hydrogens (tertiary/aromatic N) is 2. The second kappa shape index (κ2) is 7.22. The van der Waals surface area contributed by atoms with E-state index in [1.165, 1.54) is 16.8 Å². The molecule has 0 saturated heterocycles. The van der Waals surface area contributed by atoms with Crippen LogP contribution in [0.25, 0.3) is 0 Å². The van der Waals surface area contributed by atoms with Gasteiger partial charge in [0, 0.05) is 25.0 Å². The third-order valence-corrected chi connectivity index (χ3v) is 4.58. The van der Waals surface area contributed by atoms with Crippen LogP contribution in [0, 0.1) is 12.8 Å². The van der Waals surface area contributed by atoms with Crippen LogP contribution >= 0.6 is 0 Å². The maximum atomic E-state index is 12.8. The summed E-state index contributed by atoms with van der Waals surface area (Å²) in [6.07, 6.45) is 2.11. The van der Waals surface area contributed by atoms with E-state index in [-0.39, 0.29) is 11.9 Å². The molecule has 1 aliphatic heterocycles. The zero-order valence-electron chi connectivity index (χ0n) is 14.8. The Morgan fingerprint density at radius 1 is 1.21 bits per heavy atom. The minimum Gasteiger partial charge on any atom is -0.348 e. The summed E-state index contributed by atoms with van der Waals surface area (Å²) in [4.78, 5) is 14.8. The maximum Gasteiger partial charge on any atom is 0.237 e. The van der Waals surface area contributed by atoms with Gasteiger partial charge in [-0.2, -0.15) is 0 Å². The summed E-state index contributed by atoms with van der Waals surface area (Å²) in [5.41, 5.74) is 3.61. The van der Waals surface area contributed by atoms with Gasteiger partial charge in [-0.05, 0) is 37.1 Å². The van der Waals surface area contributed by atoms with Crippen LogP contribution in [-0.2, 0) is 11.3 Å². The lowest BCUT2D eigenvalue weighted by Gasteiger charge is -2.37. The molecule has 4 heteroatoms. The van der Waals surface area contributed by atoms with Gasteiger partial charge < -0.3 is 14.8 Å². The van der Waals surface area contributed by atoms with Crippen molar-refractivity contribution in [2.24, 2.45) is 5.92 Å². The van der Waals surface area contributed by atoms with Crippen LogP contribution in [0.4, 0.5) is 0 Å². The van der Waals surface area contributed by atoms with Crippen molar-refractivity contribution in [3.8, 4) is 0 Å². The highest BCUT2D eigenvalue weighted by atomic mass is 16.2. The van der Waals surface area contributed by atoms with Crippen LogP contribution in [-0.4, -0.2) is 35.0 Å². The molecule has 0 bridgehead atoms. The molecule has 0 saturated carbocycles. The van der Waals surface area contributed by atoms with Crippen molar-refractivity contribution in [1.82, 2.24) is 14.8 Å². The summed E-state index contributed by atoms with van der Waals surface area (Å²) in [5, 5.41) is 3.28. The van der Waals surface area contributed by atoms with Gasteiger partial charge in [0.05, 0.1) is 12.6 Å². The second-order valence-electron chi connectivity index (χ2n) is 7.05. The normalized spacial score (nSPS) is 17.2. The molecule has 1 amide bonds. The first-order valence-corrected chi connectivity index (χ1v) is 8.78. The fourth-order valence-corrected chi connectivity index (χ4v) is 3.32. The van der Waals surface area contributed by atoms with E-state index in [1.54, 1.807) is 0 Å². The van der Waals surface area contributed by atoms with Gasteiger partial charge in [-0.25, -0.2) is 0 Å². The molecule has 0 radical (unpaired) electrons. The summed E-state index contributed by atoms with van der Waals surface area (Å²) in [6, 6.07) is 12.7. The zero-order chi connectivity index (χ0) is 17.1. The van der Waals surface area contributed by atoms with Gasteiger partial charge in [0.1, 0.15) is 0 Å². The summed E-state index contributed by atoms with van der Waals surface area (Å²) >= 11 is 0. The number of fused-ring (bicyclic) bond motifs is 1. The number of rotatable bonds is 5. The zero-order valence-corrected chi connectivity index (χ0v) is 14.8. The summed E-state index contributed by atoms with van der Waals surface area (Å²) < 4.78 is 2.26. The minimum absolute atomic E-state index is 0.00250. The Morgan fingerprint density at radius 2 is 1.96 bits per heavy atom. The number of benzene rings is 1. The topological polar surface area (TPSA) is 37.3 Å². The summed E-state index contributed by atoms with van der Waals surface area (Å²) in [6.45, 7) is 9.28. The van der Waals surface area contributed by atoms with Crippen LogP contribution in [0.1, 0.15) is 36.7 Å². The molecule has 1 unspecified atom stereocenters. The van der Waals surface area contributed by atoms with Crippen molar-refractivity contribution in [3.63, 3.8) is 0 Å². The Kier molecular flexibility index (Phi) is 5.05. The van der Waals surface area contributed by atoms with E-state index in [1.807, 2.05) is 4.90 Å². The molecule has 1 aliphatic rings. The molecule has 24 heavy (non-hydrogen) atoms. The number of aryl methyl sites for hydroxylation is 1. The molecule has 1 aromatic carbocycles. The average molecular weight is 325 g/mol. The quantitative estimate of drug-likeness (QED) is 0.918. The molecular formula is C20H27N3O. The number of amides is 1. The molecule has 1 aromatic heterocycles. The Balaban J connectivity index is 1.84. The molecule has 2 aromatic rings. The van der Waals surface area contributed by atoms with E-state index in [2.05, 4.69) is 73.3 Å². The van der Waals surface area contributed by atoms with Crippen molar-refractivity contribution in [2.75, 3.05) is 19.6 Å². The van der Waals surface area contributed by atoms with Crippen LogP contribution in [0.3, 0.4) is 0 Å². The van der Waals surface area contributed by atoms with Gasteiger partial charge in [-0.1, -0.05) is 43.7 Å². The number of hydrogen-bond donors (Lipinski definition) is 1. The Bertz CT molecular complexity index is 687. The Morgan fingerprint density at radius 3 is 2.67 bits per heavy atom. The molecule has 1 N–H and O–H groups in total. The largest absolute Gasteiger partial charge is 0.348 e. The van der Waals surface area contributed by atoms with Crippen molar-refractivity contribution in [2.45, 2.75) is 33.4 Å². The number of aromatic nitrogens is 1. The monoisotopic (exact) mass is 325 g/mol. The van der Waals surface area contributed by atoms with Gasteiger partial charge in [0.15, 0.2) is 0 Å². The lowest BCUT2D eigenvalue weighted by molar-refractivity contribution is -0.132. The lowest BCUT2D eigenvalue weighted by atomic mass is 9.98. The third kappa shape index (κ3) is 3.54. The number of carbonyl (C=O) groups excluding carboxylic acids is 1. The smallest absolute Gasteiger partial charge is 0.237 e. The van der Waals surface area contributed by atoms with E-state index in [0.717, 1.165) is 19.6 Å². The number of carbonyl (C=O) groups is 1. The molecule has 4 nitrogen and oxygen atoms in total. The van der Waals surface area contributed by atoms with E-state index in [4.69, 9.17) is 0 Å². The van der Waals surface area contributed by atoms with E-state index >= 15 is 0 Å². The molecule has 2 heterocycles. The van der Waals surface area contributed by atoms with Crippen LogP contribution in [0.2, 0.25) is 0 Å². The standard InChI is InChI=1S/C20H27N3O/c1-15(2)13-21-14-19(24)23-12-11-22-10-4-5-18(22)20(23)17-8-6-16(3)7-9-17/h4-10,15,20-21H,11-14H2,1-3H3. The van der Waals surface area contributed by atoms with E-state index < -0.39 is 0 Å². The van der Waals surface area contributed by atoms with Gasteiger partial charge in [-0.15, -0.1) is 0 Å². The van der Waals surface area contributed by atoms with Gasteiger partial charge in [-0.3, -0.25) is 4.79 Å². The van der Waals surface area contributed by atoms with Gasteiger partial charge in [0.25, 0.3) is 0 Å². The Hall–Kier alpha value is -2.07. The number of nitrogens with one attached hydrogen (secondary N) is 1. The van der Waals surface area contributed by atoms with E-state index in [9.17, 15) is 4.79 Å². The summed E-state index contributed by atoms with van der Waals surface area (Å²) in [5.74, 6) is 0.720. The molecule has 1 atom stereocenters. The van der Waals surface area contributed by atoms with Crippen LogP contribution in [0.5, 0.6) is 0 Å². The minimum atomic E-state index is 0.00250. The first-order valence-electron chi connectivity index (χ1n) is 8.78. The highest BCUT2D eigenvalue weighted by molar-refractivity contribution is 5.79. The van der Waals surface area contributed by atoms with Crippen molar-refractivity contribution < 1.29 is 4.79 Å². The molecular weight excluding hydrogens is 298 g/mol. The van der Waals surface area contributed by atoms with Crippen molar-refractivity contribution in [1.29, 1.82) is 0 Å². The molecule has 3 rings (SSSR count). The second-order valence-corrected chi connectivity index (χ2v) is 7.05. The summed E-state index contributed by atoms with van der Waals surface area (Å²) in [7, 11) is 0. The van der Waals surface area contributed by atoms with Crippen molar-refractivity contribution in [3.05, 3.63) is 59.4 Å².